The van der Waals surface area contributed by atoms with Crippen LogP contribution < -0.4 is 0 Å². The van der Waals surface area contributed by atoms with E-state index in [2.05, 4.69) is 16.4 Å². The summed E-state index contributed by atoms with van der Waals surface area (Å²) in [6, 6.07) is 6.20. The molecule has 0 aliphatic carbocycles. The summed E-state index contributed by atoms with van der Waals surface area (Å²) in [5, 5.41) is 2.07. The number of pyridine rings is 1. The Balaban J connectivity index is 0.000000336. The van der Waals surface area contributed by atoms with Crippen LogP contribution in [0.25, 0.3) is 10.2 Å². The molecule has 2 heterocycles. The second-order valence-electron chi connectivity index (χ2n) is 2.26. The molecule has 2 heteroatoms. The van der Waals surface area contributed by atoms with Crippen LogP contribution in [0.3, 0.4) is 0 Å². The fourth-order valence-electron chi connectivity index (χ4n) is 0.955. The van der Waals surface area contributed by atoms with Crippen molar-refractivity contribution in [3.05, 3.63) is 29.3 Å². The van der Waals surface area contributed by atoms with Crippen molar-refractivity contribution in [3.63, 3.8) is 0 Å². The number of rotatable bonds is 0. The second-order valence-corrected chi connectivity index (χ2v) is 3.20. The molecule has 0 unspecified atom stereocenters. The van der Waals surface area contributed by atoms with Gasteiger partial charge in [-0.25, -0.2) is 0 Å². The van der Waals surface area contributed by atoms with Crippen LogP contribution >= 0.6 is 11.3 Å². The maximum Gasteiger partial charge on any atom is 0.0812 e. The van der Waals surface area contributed by atoms with Crippen molar-refractivity contribution in [3.8, 4) is 0 Å². The quantitative estimate of drug-likeness (QED) is 0.601. The molecule has 2 rings (SSSR count). The van der Waals surface area contributed by atoms with Gasteiger partial charge >= 0.3 is 0 Å². The first kappa shape index (κ1) is 9.20. The third-order valence-corrected chi connectivity index (χ3v) is 2.32. The molecule has 12 heavy (non-hydrogen) atoms. The number of nitrogens with zero attached hydrogens (tertiary/aromatic N) is 1. The zero-order valence-corrected chi connectivity index (χ0v) is 8.48. The van der Waals surface area contributed by atoms with Crippen molar-refractivity contribution < 1.29 is 0 Å². The Morgan fingerprint density at radius 2 is 1.92 bits per heavy atom. The predicted octanol–water partition coefficient (Wildman–Crippen LogP) is 3.63. The minimum absolute atomic E-state index is 1.09. The normalized spacial score (nSPS) is 9.25. The van der Waals surface area contributed by atoms with Crippen molar-refractivity contribution in [2.24, 2.45) is 0 Å². The van der Waals surface area contributed by atoms with Gasteiger partial charge in [0, 0.05) is 5.69 Å². The lowest BCUT2D eigenvalue weighted by Crippen LogP contribution is -1.76. The first-order valence-corrected chi connectivity index (χ1v) is 5.05. The highest BCUT2D eigenvalue weighted by atomic mass is 32.1. The van der Waals surface area contributed by atoms with Gasteiger partial charge in [-0.2, -0.15) is 0 Å². The average Bonchev–Trinajstić information content (AvgIpc) is 2.54. The van der Waals surface area contributed by atoms with Crippen LogP contribution in [0.5, 0.6) is 0 Å². The van der Waals surface area contributed by atoms with Crippen LogP contribution in [0, 0.1) is 6.92 Å². The molecule has 0 aliphatic heterocycles. The average molecular weight is 179 g/mol. The molecule has 0 bridgehead atoms. The van der Waals surface area contributed by atoms with Gasteiger partial charge in [0.25, 0.3) is 0 Å². The van der Waals surface area contributed by atoms with Gasteiger partial charge in [-0.3, -0.25) is 4.98 Å². The minimum Gasteiger partial charge on any atom is -0.252 e. The summed E-state index contributed by atoms with van der Waals surface area (Å²) in [6.07, 6.45) is 0. The van der Waals surface area contributed by atoms with Gasteiger partial charge in [-0.05, 0) is 30.5 Å². The van der Waals surface area contributed by atoms with Crippen molar-refractivity contribution in [1.29, 1.82) is 0 Å². The zero-order valence-electron chi connectivity index (χ0n) is 7.66. The molecule has 0 fully saturated rings. The Kier molecular flexibility index (Phi) is 3.23. The highest BCUT2D eigenvalue weighted by Crippen LogP contribution is 2.17. The first-order valence-electron chi connectivity index (χ1n) is 4.17. The lowest BCUT2D eigenvalue weighted by Gasteiger charge is -1.89. The van der Waals surface area contributed by atoms with E-state index in [4.69, 9.17) is 0 Å². The molecule has 0 atom stereocenters. The van der Waals surface area contributed by atoms with Crippen LogP contribution in [0.4, 0.5) is 0 Å². The van der Waals surface area contributed by atoms with E-state index >= 15 is 0 Å². The Labute approximate surface area is 77.1 Å². The lowest BCUT2D eigenvalue weighted by molar-refractivity contribution is 1.26. The summed E-state index contributed by atoms with van der Waals surface area (Å²) >= 11 is 1.73. The molecule has 0 aliphatic rings. The molecule has 0 spiro atoms. The molecule has 2 aromatic heterocycles. The molecule has 0 aromatic carbocycles. The molecule has 0 saturated heterocycles. The Bertz CT molecular complexity index is 351. The van der Waals surface area contributed by atoms with Gasteiger partial charge in [0.05, 0.1) is 10.2 Å². The van der Waals surface area contributed by atoms with Gasteiger partial charge in [-0.15, -0.1) is 11.3 Å². The smallest absolute Gasteiger partial charge is 0.0812 e. The predicted molar refractivity (Wildman–Crippen MR) is 55.7 cm³/mol. The van der Waals surface area contributed by atoms with Crippen LogP contribution in [0.15, 0.2) is 23.6 Å². The molecule has 0 amide bonds. The summed E-state index contributed by atoms with van der Waals surface area (Å²) in [5.41, 5.74) is 2.20. The molecule has 2 aromatic rings. The van der Waals surface area contributed by atoms with Gasteiger partial charge in [0.2, 0.25) is 0 Å². The summed E-state index contributed by atoms with van der Waals surface area (Å²) in [5.74, 6) is 0. The summed E-state index contributed by atoms with van der Waals surface area (Å²) in [7, 11) is 0. The first-order chi connectivity index (χ1) is 5.86. The Hall–Kier alpha value is -0.890. The molecular formula is C10H13NS. The van der Waals surface area contributed by atoms with E-state index in [0.717, 1.165) is 11.2 Å². The van der Waals surface area contributed by atoms with E-state index in [1.807, 2.05) is 32.9 Å². The second kappa shape index (κ2) is 4.21. The van der Waals surface area contributed by atoms with Gasteiger partial charge in [0.1, 0.15) is 0 Å². The fourth-order valence-corrected chi connectivity index (χ4v) is 1.68. The number of aryl methyl sites for hydroxylation is 1. The van der Waals surface area contributed by atoms with Crippen molar-refractivity contribution in [1.82, 2.24) is 4.98 Å². The summed E-state index contributed by atoms with van der Waals surface area (Å²) < 4.78 is 1.27. The van der Waals surface area contributed by atoms with Crippen LogP contribution in [-0.2, 0) is 0 Å². The standard InChI is InChI=1S/C8H7NS.C2H6/c1-6-2-3-8-7(9-6)4-5-10-8;1-2/h2-5H,1H3;1-2H3. The Morgan fingerprint density at radius 3 is 2.67 bits per heavy atom. The van der Waals surface area contributed by atoms with Gasteiger partial charge in [-0.1, -0.05) is 13.8 Å². The van der Waals surface area contributed by atoms with Crippen LogP contribution in [0.2, 0.25) is 0 Å². The molecule has 64 valence electrons. The van der Waals surface area contributed by atoms with E-state index < -0.39 is 0 Å². The highest BCUT2D eigenvalue weighted by Gasteiger charge is 1.93. The largest absolute Gasteiger partial charge is 0.252 e. The topological polar surface area (TPSA) is 12.9 Å². The third kappa shape index (κ3) is 1.83. The number of hydrogen-bond acceptors (Lipinski definition) is 2. The van der Waals surface area contributed by atoms with E-state index in [0.29, 0.717) is 0 Å². The SMILES string of the molecule is CC.Cc1ccc2sccc2n1. The van der Waals surface area contributed by atoms with Crippen molar-refractivity contribution in [2.45, 2.75) is 20.8 Å². The number of fused-ring (bicyclic) bond motifs is 1. The molecule has 0 saturated carbocycles. The molecular weight excluding hydrogens is 166 g/mol. The monoisotopic (exact) mass is 179 g/mol. The van der Waals surface area contributed by atoms with Gasteiger partial charge < -0.3 is 0 Å². The Morgan fingerprint density at radius 1 is 1.17 bits per heavy atom. The van der Waals surface area contributed by atoms with E-state index in [1.54, 1.807) is 11.3 Å². The molecule has 0 N–H and O–H groups in total. The maximum absolute atomic E-state index is 4.35. The third-order valence-electron chi connectivity index (χ3n) is 1.45. The maximum atomic E-state index is 4.35. The van der Waals surface area contributed by atoms with Crippen molar-refractivity contribution >= 4 is 21.6 Å². The number of thiophene rings is 1. The lowest BCUT2D eigenvalue weighted by atomic mass is 10.3. The molecule has 0 radical (unpaired) electrons. The number of hydrogen-bond donors (Lipinski definition) is 0. The van der Waals surface area contributed by atoms with E-state index in [9.17, 15) is 0 Å². The van der Waals surface area contributed by atoms with E-state index in [1.165, 1.54) is 4.70 Å². The number of aromatic nitrogens is 1. The summed E-state index contributed by atoms with van der Waals surface area (Å²) in [6.45, 7) is 6.01. The molecule has 1 nitrogen and oxygen atoms in total. The van der Waals surface area contributed by atoms with Crippen molar-refractivity contribution in [2.75, 3.05) is 0 Å². The van der Waals surface area contributed by atoms with E-state index in [-0.39, 0.29) is 0 Å². The summed E-state index contributed by atoms with van der Waals surface area (Å²) in [4.78, 5) is 4.35. The minimum atomic E-state index is 1.09. The zero-order chi connectivity index (χ0) is 8.97. The van der Waals surface area contributed by atoms with Gasteiger partial charge in [0.15, 0.2) is 0 Å². The van der Waals surface area contributed by atoms with Crippen LogP contribution in [-0.4, -0.2) is 4.98 Å². The van der Waals surface area contributed by atoms with Crippen LogP contribution in [0.1, 0.15) is 19.5 Å². The highest BCUT2D eigenvalue weighted by molar-refractivity contribution is 7.17. The fraction of sp³-hybridized carbons (Fsp3) is 0.300.